The molecule has 0 radical (unpaired) electrons. The van der Waals surface area contributed by atoms with E-state index in [1.807, 2.05) is 11.8 Å². The lowest BCUT2D eigenvalue weighted by molar-refractivity contribution is 0.0951. The van der Waals surface area contributed by atoms with Crippen LogP contribution in [0.3, 0.4) is 0 Å². The Morgan fingerprint density at radius 1 is 1.50 bits per heavy atom. The summed E-state index contributed by atoms with van der Waals surface area (Å²) in [5, 5.41) is 5.36. The summed E-state index contributed by atoms with van der Waals surface area (Å²) >= 11 is 1.91. The first kappa shape index (κ1) is 14.2. The van der Waals surface area contributed by atoms with Gasteiger partial charge in [0, 0.05) is 11.9 Å². The van der Waals surface area contributed by atoms with Gasteiger partial charge < -0.3 is 10.1 Å². The molecule has 3 atom stereocenters. The van der Waals surface area contributed by atoms with E-state index in [1.54, 1.807) is 0 Å². The second kappa shape index (κ2) is 5.04. The second-order valence-corrected chi connectivity index (χ2v) is 8.25. The summed E-state index contributed by atoms with van der Waals surface area (Å²) < 4.78 is 5.66. The van der Waals surface area contributed by atoms with E-state index in [4.69, 9.17) is 4.74 Å². The highest BCUT2D eigenvalue weighted by molar-refractivity contribution is 8.14. The van der Waals surface area contributed by atoms with E-state index in [0.717, 1.165) is 24.7 Å². The highest BCUT2D eigenvalue weighted by Crippen LogP contribution is 2.33. The van der Waals surface area contributed by atoms with E-state index in [-0.39, 0.29) is 11.6 Å². The fourth-order valence-electron chi connectivity index (χ4n) is 2.52. The normalized spacial score (nSPS) is 36.8. The van der Waals surface area contributed by atoms with E-state index < -0.39 is 0 Å². The molecule has 2 rings (SSSR count). The Bertz CT molecular complexity index is 337. The SMILES string of the molecule is CC1OCCC1(C)NC1=NCC(CC(C)(C)C)S1. The molecule has 4 heteroatoms. The summed E-state index contributed by atoms with van der Waals surface area (Å²) in [7, 11) is 0. The molecule has 0 amide bonds. The van der Waals surface area contributed by atoms with Crippen LogP contribution in [0.2, 0.25) is 0 Å². The predicted molar refractivity (Wildman–Crippen MR) is 79.3 cm³/mol. The molecule has 0 aromatic carbocycles. The highest BCUT2D eigenvalue weighted by atomic mass is 32.2. The standard InChI is InChI=1S/C14H26N2OS/c1-10-14(5,6-7-17-10)16-12-15-9-11(18-12)8-13(2,3)4/h10-11H,6-9H2,1-5H3,(H,15,16). The quantitative estimate of drug-likeness (QED) is 0.837. The molecule has 2 aliphatic rings. The molecule has 0 saturated carbocycles. The van der Waals surface area contributed by atoms with Gasteiger partial charge in [0.15, 0.2) is 5.17 Å². The van der Waals surface area contributed by atoms with Gasteiger partial charge in [-0.25, -0.2) is 0 Å². The number of nitrogens with zero attached hydrogens (tertiary/aromatic N) is 1. The molecule has 0 aromatic rings. The lowest BCUT2D eigenvalue weighted by Gasteiger charge is -2.30. The van der Waals surface area contributed by atoms with Crippen molar-refractivity contribution in [2.45, 2.75) is 64.4 Å². The minimum atomic E-state index is 0.0580. The number of amidine groups is 1. The molecule has 1 fully saturated rings. The minimum Gasteiger partial charge on any atom is -0.376 e. The van der Waals surface area contributed by atoms with Crippen LogP contribution < -0.4 is 5.32 Å². The lowest BCUT2D eigenvalue weighted by Crippen LogP contribution is -2.49. The molecule has 3 unspecified atom stereocenters. The van der Waals surface area contributed by atoms with Crippen LogP contribution in [0.1, 0.15) is 47.5 Å². The van der Waals surface area contributed by atoms with Crippen molar-refractivity contribution in [1.82, 2.24) is 5.32 Å². The minimum absolute atomic E-state index is 0.0580. The molecule has 0 aliphatic carbocycles. The molecule has 0 spiro atoms. The zero-order valence-corrected chi connectivity index (χ0v) is 13.1. The average Bonchev–Trinajstić information content (AvgIpc) is 2.74. The Labute approximate surface area is 115 Å². The fourth-order valence-corrected chi connectivity index (χ4v) is 4.01. The number of nitrogens with one attached hydrogen (secondary N) is 1. The number of ether oxygens (including phenoxy) is 1. The number of hydrogen-bond donors (Lipinski definition) is 1. The van der Waals surface area contributed by atoms with E-state index in [2.05, 4.69) is 44.9 Å². The molecule has 18 heavy (non-hydrogen) atoms. The Hall–Kier alpha value is -0.220. The van der Waals surface area contributed by atoms with Gasteiger partial charge in [-0.15, -0.1) is 0 Å². The van der Waals surface area contributed by atoms with Crippen LogP contribution in [0.5, 0.6) is 0 Å². The van der Waals surface area contributed by atoms with Crippen LogP contribution in [-0.2, 0) is 4.74 Å². The van der Waals surface area contributed by atoms with E-state index in [0.29, 0.717) is 10.7 Å². The smallest absolute Gasteiger partial charge is 0.157 e. The highest BCUT2D eigenvalue weighted by Gasteiger charge is 2.39. The molecule has 1 saturated heterocycles. The van der Waals surface area contributed by atoms with Crippen LogP contribution in [0.4, 0.5) is 0 Å². The third-order valence-corrected chi connectivity index (χ3v) is 4.94. The first-order chi connectivity index (χ1) is 8.28. The summed E-state index contributed by atoms with van der Waals surface area (Å²) in [4.78, 5) is 4.66. The van der Waals surface area contributed by atoms with Gasteiger partial charge in [0.25, 0.3) is 0 Å². The van der Waals surface area contributed by atoms with Crippen LogP contribution in [0.15, 0.2) is 4.99 Å². The lowest BCUT2D eigenvalue weighted by atomic mass is 9.90. The number of thioether (sulfide) groups is 1. The molecule has 0 bridgehead atoms. The first-order valence-corrected chi connectivity index (χ1v) is 7.77. The van der Waals surface area contributed by atoms with E-state index in [1.165, 1.54) is 6.42 Å². The summed E-state index contributed by atoms with van der Waals surface area (Å²) in [5.74, 6) is 0. The molecule has 0 aromatic heterocycles. The molecular formula is C14H26N2OS. The zero-order chi connectivity index (χ0) is 13.4. The maximum absolute atomic E-state index is 5.66. The van der Waals surface area contributed by atoms with Gasteiger partial charge >= 0.3 is 0 Å². The van der Waals surface area contributed by atoms with Crippen molar-refractivity contribution in [1.29, 1.82) is 0 Å². The average molecular weight is 270 g/mol. The topological polar surface area (TPSA) is 33.6 Å². The zero-order valence-electron chi connectivity index (χ0n) is 12.2. The molecule has 3 nitrogen and oxygen atoms in total. The van der Waals surface area contributed by atoms with Crippen molar-refractivity contribution in [3.8, 4) is 0 Å². The number of aliphatic imine (C=N–C) groups is 1. The molecule has 104 valence electrons. The molecular weight excluding hydrogens is 244 g/mol. The summed E-state index contributed by atoms with van der Waals surface area (Å²) in [6, 6.07) is 0. The Morgan fingerprint density at radius 3 is 2.78 bits per heavy atom. The summed E-state index contributed by atoms with van der Waals surface area (Å²) in [6.07, 6.45) is 2.55. The fraction of sp³-hybridized carbons (Fsp3) is 0.929. The van der Waals surface area contributed by atoms with Crippen molar-refractivity contribution in [2.75, 3.05) is 13.2 Å². The predicted octanol–water partition coefficient (Wildman–Crippen LogP) is 3.05. The maximum atomic E-state index is 5.66. The van der Waals surface area contributed by atoms with Gasteiger partial charge in [-0.2, -0.15) is 0 Å². The van der Waals surface area contributed by atoms with Crippen molar-refractivity contribution >= 4 is 16.9 Å². The monoisotopic (exact) mass is 270 g/mol. The first-order valence-electron chi connectivity index (χ1n) is 6.89. The Kier molecular flexibility index (Phi) is 3.98. The van der Waals surface area contributed by atoms with Gasteiger partial charge in [-0.05, 0) is 32.1 Å². The largest absolute Gasteiger partial charge is 0.376 e. The third kappa shape index (κ3) is 3.41. The van der Waals surface area contributed by atoms with Gasteiger partial charge in [-0.3, -0.25) is 4.99 Å². The molecule has 2 heterocycles. The number of rotatable bonds is 2. The maximum Gasteiger partial charge on any atom is 0.157 e. The van der Waals surface area contributed by atoms with Crippen molar-refractivity contribution in [3.63, 3.8) is 0 Å². The van der Waals surface area contributed by atoms with Crippen LogP contribution in [0.25, 0.3) is 0 Å². The van der Waals surface area contributed by atoms with Crippen LogP contribution >= 0.6 is 11.8 Å². The Balaban J connectivity index is 1.86. The van der Waals surface area contributed by atoms with Gasteiger partial charge in [0.05, 0.1) is 18.2 Å². The molecule has 2 aliphatic heterocycles. The summed E-state index contributed by atoms with van der Waals surface area (Å²) in [5.41, 5.74) is 0.443. The number of hydrogen-bond acceptors (Lipinski definition) is 4. The summed E-state index contributed by atoms with van der Waals surface area (Å²) in [6.45, 7) is 13.1. The second-order valence-electron chi connectivity index (χ2n) is 6.96. The van der Waals surface area contributed by atoms with E-state index >= 15 is 0 Å². The van der Waals surface area contributed by atoms with Gasteiger partial charge in [-0.1, -0.05) is 32.5 Å². The third-order valence-electron chi connectivity index (χ3n) is 3.84. The van der Waals surface area contributed by atoms with Gasteiger partial charge in [0.1, 0.15) is 0 Å². The van der Waals surface area contributed by atoms with Crippen LogP contribution in [0, 0.1) is 5.41 Å². The van der Waals surface area contributed by atoms with Gasteiger partial charge in [0.2, 0.25) is 0 Å². The van der Waals surface area contributed by atoms with Crippen molar-refractivity contribution in [2.24, 2.45) is 10.4 Å². The van der Waals surface area contributed by atoms with Crippen molar-refractivity contribution < 1.29 is 4.74 Å². The Morgan fingerprint density at radius 2 is 2.22 bits per heavy atom. The van der Waals surface area contributed by atoms with Crippen molar-refractivity contribution in [3.05, 3.63) is 0 Å². The molecule has 1 N–H and O–H groups in total. The van der Waals surface area contributed by atoms with E-state index in [9.17, 15) is 0 Å². The van der Waals surface area contributed by atoms with Crippen LogP contribution in [-0.4, -0.2) is 35.2 Å².